The van der Waals surface area contributed by atoms with Crippen molar-refractivity contribution in [3.63, 3.8) is 0 Å². The molecule has 0 bridgehead atoms. The summed E-state index contributed by atoms with van der Waals surface area (Å²) in [5.74, 6) is 0.797. The zero-order valence-corrected chi connectivity index (χ0v) is 15.6. The molecule has 1 amide bonds. The third kappa shape index (κ3) is 4.59. The molecule has 0 unspecified atom stereocenters. The number of guanidine groups is 1. The Kier molecular flexibility index (Phi) is 7.64. The van der Waals surface area contributed by atoms with Gasteiger partial charge in [-0.15, -0.1) is 24.0 Å². The zero-order valence-electron chi connectivity index (χ0n) is 13.3. The first-order valence-corrected chi connectivity index (χ1v) is 7.59. The van der Waals surface area contributed by atoms with Gasteiger partial charge in [0, 0.05) is 31.7 Å². The van der Waals surface area contributed by atoms with Gasteiger partial charge >= 0.3 is 0 Å². The minimum Gasteiger partial charge on any atom is -0.370 e. The Balaban J connectivity index is 0.00000242. The van der Waals surface area contributed by atoms with E-state index in [1.165, 1.54) is 0 Å². The number of amides is 1. The Morgan fingerprint density at radius 1 is 1.27 bits per heavy atom. The van der Waals surface area contributed by atoms with Crippen molar-refractivity contribution in [3.8, 4) is 0 Å². The molecule has 1 fully saturated rings. The van der Waals surface area contributed by atoms with E-state index in [9.17, 15) is 4.79 Å². The van der Waals surface area contributed by atoms with Crippen LogP contribution in [-0.2, 0) is 11.3 Å². The lowest BCUT2D eigenvalue weighted by Crippen LogP contribution is -2.37. The minimum absolute atomic E-state index is 0. The van der Waals surface area contributed by atoms with Gasteiger partial charge in [-0.3, -0.25) is 4.79 Å². The van der Waals surface area contributed by atoms with Crippen LogP contribution in [0.1, 0.15) is 32.3 Å². The second-order valence-corrected chi connectivity index (χ2v) is 5.16. The van der Waals surface area contributed by atoms with Gasteiger partial charge in [0.25, 0.3) is 0 Å². The number of nitrogens with two attached hydrogens (primary N) is 1. The highest BCUT2D eigenvalue weighted by Crippen LogP contribution is 2.21. The molecule has 1 aromatic rings. The summed E-state index contributed by atoms with van der Waals surface area (Å²) in [4.78, 5) is 20.0. The largest absolute Gasteiger partial charge is 0.370 e. The Bertz CT molecular complexity index is 511. The van der Waals surface area contributed by atoms with Crippen molar-refractivity contribution >= 4 is 41.5 Å². The Morgan fingerprint density at radius 3 is 2.41 bits per heavy atom. The molecule has 1 aliphatic rings. The second-order valence-electron chi connectivity index (χ2n) is 5.16. The number of halogens is 1. The Hall–Kier alpha value is -1.31. The monoisotopic (exact) mass is 416 g/mol. The molecule has 0 spiro atoms. The molecule has 2 N–H and O–H groups in total. The average Bonchev–Trinajstić information content (AvgIpc) is 2.93. The van der Waals surface area contributed by atoms with Crippen LogP contribution in [0.3, 0.4) is 0 Å². The second kappa shape index (κ2) is 8.97. The molecule has 2 rings (SSSR count). The molecule has 1 heterocycles. The van der Waals surface area contributed by atoms with E-state index in [0.29, 0.717) is 18.9 Å². The summed E-state index contributed by atoms with van der Waals surface area (Å²) in [7, 11) is 0. The van der Waals surface area contributed by atoms with Crippen molar-refractivity contribution in [2.24, 2.45) is 10.7 Å². The molecule has 5 nitrogen and oxygen atoms in total. The van der Waals surface area contributed by atoms with Crippen LogP contribution in [-0.4, -0.2) is 36.4 Å². The highest BCUT2D eigenvalue weighted by molar-refractivity contribution is 14.0. The summed E-state index contributed by atoms with van der Waals surface area (Å²) in [6.45, 7) is 7.24. The van der Waals surface area contributed by atoms with Crippen LogP contribution in [0.15, 0.2) is 29.3 Å². The highest BCUT2D eigenvalue weighted by atomic mass is 127. The van der Waals surface area contributed by atoms with Crippen molar-refractivity contribution in [2.45, 2.75) is 33.2 Å². The van der Waals surface area contributed by atoms with Crippen molar-refractivity contribution in [1.29, 1.82) is 0 Å². The van der Waals surface area contributed by atoms with E-state index in [1.54, 1.807) is 0 Å². The van der Waals surface area contributed by atoms with E-state index in [2.05, 4.69) is 18.8 Å². The van der Waals surface area contributed by atoms with Gasteiger partial charge in [0.15, 0.2) is 5.96 Å². The van der Waals surface area contributed by atoms with Crippen LogP contribution in [0.2, 0.25) is 0 Å². The molecule has 1 saturated heterocycles. The van der Waals surface area contributed by atoms with E-state index in [1.807, 2.05) is 34.1 Å². The Labute approximate surface area is 149 Å². The minimum atomic E-state index is 0. The van der Waals surface area contributed by atoms with Gasteiger partial charge in [-0.2, -0.15) is 0 Å². The molecule has 122 valence electrons. The van der Waals surface area contributed by atoms with E-state index < -0.39 is 0 Å². The molecule has 0 saturated carbocycles. The summed E-state index contributed by atoms with van der Waals surface area (Å²) >= 11 is 0. The lowest BCUT2D eigenvalue weighted by Gasteiger charge is -2.19. The van der Waals surface area contributed by atoms with Gasteiger partial charge in [-0.25, -0.2) is 4.99 Å². The number of rotatable bonds is 5. The van der Waals surface area contributed by atoms with Crippen molar-refractivity contribution in [3.05, 3.63) is 29.8 Å². The van der Waals surface area contributed by atoms with Crippen LogP contribution in [0.25, 0.3) is 0 Å². The summed E-state index contributed by atoms with van der Waals surface area (Å²) in [6.07, 6.45) is 1.61. The molecular weight excluding hydrogens is 391 g/mol. The van der Waals surface area contributed by atoms with Crippen LogP contribution in [0.5, 0.6) is 0 Å². The molecule has 1 aromatic carbocycles. The lowest BCUT2D eigenvalue weighted by molar-refractivity contribution is -0.117. The number of hydrogen-bond donors (Lipinski definition) is 1. The predicted octanol–water partition coefficient (Wildman–Crippen LogP) is 2.59. The van der Waals surface area contributed by atoms with Crippen LogP contribution in [0, 0.1) is 0 Å². The van der Waals surface area contributed by atoms with Gasteiger partial charge in [0.05, 0.1) is 6.54 Å². The van der Waals surface area contributed by atoms with Gasteiger partial charge in [-0.05, 0) is 38.0 Å². The predicted molar refractivity (Wildman–Crippen MR) is 102 cm³/mol. The number of aliphatic imine (C=N–C) groups is 1. The van der Waals surface area contributed by atoms with Gasteiger partial charge < -0.3 is 15.5 Å². The van der Waals surface area contributed by atoms with E-state index in [4.69, 9.17) is 5.73 Å². The third-order valence-corrected chi connectivity index (χ3v) is 3.83. The van der Waals surface area contributed by atoms with Crippen LogP contribution >= 0.6 is 24.0 Å². The van der Waals surface area contributed by atoms with E-state index in [0.717, 1.165) is 37.3 Å². The molecular formula is C16H25IN4O. The number of nitrogens with zero attached hydrogens (tertiary/aromatic N) is 3. The topological polar surface area (TPSA) is 61.9 Å². The Morgan fingerprint density at radius 2 is 1.91 bits per heavy atom. The summed E-state index contributed by atoms with van der Waals surface area (Å²) in [5.41, 5.74) is 8.03. The molecule has 0 aliphatic carbocycles. The fourth-order valence-electron chi connectivity index (χ4n) is 2.52. The average molecular weight is 416 g/mol. The maximum Gasteiger partial charge on any atom is 0.227 e. The fourth-order valence-corrected chi connectivity index (χ4v) is 2.52. The van der Waals surface area contributed by atoms with Gasteiger partial charge in [0.1, 0.15) is 0 Å². The van der Waals surface area contributed by atoms with Crippen LogP contribution < -0.4 is 10.6 Å². The quantitative estimate of drug-likeness (QED) is 0.456. The van der Waals surface area contributed by atoms with Gasteiger partial charge in [0.2, 0.25) is 5.91 Å². The molecule has 1 aliphatic heterocycles. The van der Waals surface area contributed by atoms with E-state index in [-0.39, 0.29) is 29.9 Å². The standard InChI is InChI=1S/C16H24N4O.HI/c1-3-19(4-2)16(17)18-12-13-7-9-14(10-8-13)20-11-5-6-15(20)21;/h7-10H,3-6,11-12H2,1-2H3,(H2,17,18);1H. The van der Waals surface area contributed by atoms with E-state index >= 15 is 0 Å². The number of hydrogen-bond acceptors (Lipinski definition) is 2. The normalized spacial score (nSPS) is 14.9. The van der Waals surface area contributed by atoms with Crippen molar-refractivity contribution < 1.29 is 4.79 Å². The fraction of sp³-hybridized carbons (Fsp3) is 0.500. The number of carbonyl (C=O) groups is 1. The molecule has 6 heteroatoms. The summed E-state index contributed by atoms with van der Waals surface area (Å²) < 4.78 is 0. The highest BCUT2D eigenvalue weighted by Gasteiger charge is 2.21. The van der Waals surface area contributed by atoms with Crippen molar-refractivity contribution in [1.82, 2.24) is 4.90 Å². The first-order chi connectivity index (χ1) is 10.2. The molecule has 0 radical (unpaired) electrons. The lowest BCUT2D eigenvalue weighted by atomic mass is 10.2. The van der Waals surface area contributed by atoms with Crippen LogP contribution in [0.4, 0.5) is 5.69 Å². The number of carbonyl (C=O) groups excluding carboxylic acids is 1. The summed E-state index contributed by atoms with van der Waals surface area (Å²) in [6, 6.07) is 8.00. The molecule has 0 atom stereocenters. The first-order valence-electron chi connectivity index (χ1n) is 7.59. The number of anilines is 1. The SMILES string of the molecule is CCN(CC)C(N)=NCc1ccc(N2CCCC2=O)cc1.I. The smallest absolute Gasteiger partial charge is 0.227 e. The maximum atomic E-state index is 11.7. The zero-order chi connectivity index (χ0) is 15.2. The van der Waals surface area contributed by atoms with Gasteiger partial charge in [-0.1, -0.05) is 12.1 Å². The molecule has 0 aromatic heterocycles. The third-order valence-electron chi connectivity index (χ3n) is 3.83. The number of benzene rings is 1. The maximum absolute atomic E-state index is 11.7. The molecule has 22 heavy (non-hydrogen) atoms. The first kappa shape index (κ1) is 18.7. The van der Waals surface area contributed by atoms with Crippen molar-refractivity contribution in [2.75, 3.05) is 24.5 Å². The summed E-state index contributed by atoms with van der Waals surface area (Å²) in [5, 5.41) is 0.